The summed E-state index contributed by atoms with van der Waals surface area (Å²) < 4.78 is 2.62. The second-order valence-corrected chi connectivity index (χ2v) is 7.89. The Kier molecular flexibility index (Phi) is 5.60. The number of aromatic nitrogens is 3. The molecule has 0 bridgehead atoms. The summed E-state index contributed by atoms with van der Waals surface area (Å²) in [7, 11) is 5.82. The van der Waals surface area contributed by atoms with Gasteiger partial charge < -0.3 is 4.90 Å². The predicted octanol–water partition coefficient (Wildman–Crippen LogP) is 3.59. The predicted molar refractivity (Wildman–Crippen MR) is 107 cm³/mol. The largest absolute Gasteiger partial charge is 0.309 e. The van der Waals surface area contributed by atoms with Crippen molar-refractivity contribution in [3.8, 4) is 0 Å². The number of carbonyl (C=O) groups is 1. The fraction of sp³-hybridized carbons (Fsp3) is 0.389. The van der Waals surface area contributed by atoms with E-state index in [-0.39, 0.29) is 5.91 Å². The Labute approximate surface area is 162 Å². The quantitative estimate of drug-likeness (QED) is 0.644. The molecule has 2 aromatic heterocycles. The Morgan fingerprint density at radius 2 is 2.04 bits per heavy atom. The minimum Gasteiger partial charge on any atom is -0.309 e. The molecule has 8 heteroatoms. The van der Waals surface area contributed by atoms with E-state index < -0.39 is 0 Å². The average molecular weight is 392 g/mol. The molecule has 6 nitrogen and oxygen atoms in total. The molecule has 138 valence electrons. The molecule has 0 aliphatic heterocycles. The third-order valence-corrected chi connectivity index (χ3v) is 5.69. The lowest BCUT2D eigenvalue weighted by molar-refractivity contribution is 0.0977. The van der Waals surface area contributed by atoms with Gasteiger partial charge in [-0.15, -0.1) is 0 Å². The first-order valence-corrected chi connectivity index (χ1v) is 9.58. The lowest BCUT2D eigenvalue weighted by Gasteiger charge is -2.21. The minimum absolute atomic E-state index is 0.0911. The van der Waals surface area contributed by atoms with Crippen LogP contribution in [0.3, 0.4) is 0 Å². The van der Waals surface area contributed by atoms with Crippen molar-refractivity contribution in [3.05, 3.63) is 40.7 Å². The maximum absolute atomic E-state index is 13.1. The summed E-state index contributed by atoms with van der Waals surface area (Å²) in [6, 6.07) is 5.57. The number of aryl methyl sites for hydroxylation is 2. The molecular formula is C18H22ClN5OS. The van der Waals surface area contributed by atoms with Gasteiger partial charge in [-0.05, 0) is 57.7 Å². The first-order valence-electron chi connectivity index (χ1n) is 8.38. The van der Waals surface area contributed by atoms with Crippen molar-refractivity contribution < 1.29 is 4.79 Å². The molecule has 3 rings (SSSR count). The topological polar surface area (TPSA) is 54.3 Å². The van der Waals surface area contributed by atoms with E-state index in [4.69, 9.17) is 16.6 Å². The molecule has 0 atom stereocenters. The minimum atomic E-state index is -0.0911. The number of anilines is 1. The average Bonchev–Trinajstić information content (AvgIpc) is 3.21. The van der Waals surface area contributed by atoms with E-state index >= 15 is 0 Å². The highest BCUT2D eigenvalue weighted by Gasteiger charge is 2.23. The first kappa shape index (κ1) is 18.8. The van der Waals surface area contributed by atoms with Gasteiger partial charge in [-0.1, -0.05) is 22.9 Å². The molecule has 0 saturated carbocycles. The summed E-state index contributed by atoms with van der Waals surface area (Å²) in [6.07, 6.45) is 2.49. The summed E-state index contributed by atoms with van der Waals surface area (Å²) in [6.45, 7) is 3.44. The number of benzene rings is 1. The van der Waals surface area contributed by atoms with Crippen LogP contribution in [0.15, 0.2) is 24.4 Å². The van der Waals surface area contributed by atoms with Crippen LogP contribution in [-0.4, -0.2) is 52.8 Å². The van der Waals surface area contributed by atoms with Crippen LogP contribution < -0.4 is 4.90 Å². The summed E-state index contributed by atoms with van der Waals surface area (Å²) >= 11 is 7.74. The standard InChI is InChI=1S/C18H22ClN5OS/c1-12-13(19)6-7-15-16(12)21-18(26-15)24(11-5-10-22(2)3)17(25)14-8-9-20-23(14)4/h6-9H,5,10-11H2,1-4H3. The third-order valence-electron chi connectivity index (χ3n) is 4.24. The van der Waals surface area contributed by atoms with Crippen molar-refractivity contribution in [1.82, 2.24) is 19.7 Å². The second kappa shape index (κ2) is 7.73. The fourth-order valence-electron chi connectivity index (χ4n) is 2.76. The molecule has 0 aliphatic rings. The lowest BCUT2D eigenvalue weighted by Crippen LogP contribution is -2.34. The number of carbonyl (C=O) groups excluding carboxylic acids is 1. The van der Waals surface area contributed by atoms with Gasteiger partial charge in [0.2, 0.25) is 0 Å². The lowest BCUT2D eigenvalue weighted by atomic mass is 10.2. The van der Waals surface area contributed by atoms with Crippen molar-refractivity contribution >= 4 is 44.2 Å². The second-order valence-electron chi connectivity index (χ2n) is 6.47. The van der Waals surface area contributed by atoms with Gasteiger partial charge in [-0.3, -0.25) is 14.4 Å². The van der Waals surface area contributed by atoms with Crippen LogP contribution in [0.2, 0.25) is 5.02 Å². The van der Waals surface area contributed by atoms with Gasteiger partial charge in [0.05, 0.1) is 10.2 Å². The molecule has 0 aliphatic carbocycles. The molecule has 3 aromatic rings. The van der Waals surface area contributed by atoms with E-state index in [1.54, 1.807) is 28.9 Å². The molecule has 0 spiro atoms. The highest BCUT2D eigenvalue weighted by atomic mass is 35.5. The van der Waals surface area contributed by atoms with Gasteiger partial charge in [0, 0.05) is 24.8 Å². The Morgan fingerprint density at radius 3 is 2.69 bits per heavy atom. The van der Waals surface area contributed by atoms with Crippen molar-refractivity contribution in [1.29, 1.82) is 0 Å². The molecular weight excluding hydrogens is 370 g/mol. The summed E-state index contributed by atoms with van der Waals surface area (Å²) in [5.41, 5.74) is 2.34. The molecule has 1 amide bonds. The zero-order valence-corrected chi connectivity index (χ0v) is 16.9. The normalized spacial score (nSPS) is 11.5. The number of thiazole rings is 1. The van der Waals surface area contributed by atoms with Crippen molar-refractivity contribution in [3.63, 3.8) is 0 Å². The van der Waals surface area contributed by atoms with Crippen LogP contribution in [0.25, 0.3) is 10.2 Å². The molecule has 0 saturated heterocycles. The first-order chi connectivity index (χ1) is 12.4. The van der Waals surface area contributed by atoms with Gasteiger partial charge >= 0.3 is 0 Å². The van der Waals surface area contributed by atoms with E-state index in [1.807, 2.05) is 33.2 Å². The van der Waals surface area contributed by atoms with Crippen LogP contribution in [0, 0.1) is 6.92 Å². The van der Waals surface area contributed by atoms with Gasteiger partial charge in [0.25, 0.3) is 5.91 Å². The zero-order valence-electron chi connectivity index (χ0n) is 15.4. The molecule has 2 heterocycles. The molecule has 0 radical (unpaired) electrons. The maximum atomic E-state index is 13.1. The van der Waals surface area contributed by atoms with Crippen LogP contribution in [-0.2, 0) is 7.05 Å². The monoisotopic (exact) mass is 391 g/mol. The summed E-state index contributed by atoms with van der Waals surface area (Å²) in [5.74, 6) is -0.0911. The molecule has 0 fully saturated rings. The molecule has 0 N–H and O–H groups in total. The van der Waals surface area contributed by atoms with Gasteiger partial charge in [0.15, 0.2) is 5.13 Å². The highest BCUT2D eigenvalue weighted by Crippen LogP contribution is 2.34. The fourth-order valence-corrected chi connectivity index (χ4v) is 3.96. The summed E-state index contributed by atoms with van der Waals surface area (Å²) in [5, 5.41) is 5.49. The van der Waals surface area contributed by atoms with E-state index in [9.17, 15) is 4.79 Å². The Morgan fingerprint density at radius 1 is 1.27 bits per heavy atom. The van der Waals surface area contributed by atoms with Crippen molar-refractivity contribution in [2.24, 2.45) is 7.05 Å². The number of nitrogens with zero attached hydrogens (tertiary/aromatic N) is 5. The molecule has 26 heavy (non-hydrogen) atoms. The Balaban J connectivity index is 1.98. The maximum Gasteiger partial charge on any atom is 0.278 e. The van der Waals surface area contributed by atoms with Crippen LogP contribution in [0.1, 0.15) is 22.5 Å². The number of fused-ring (bicyclic) bond motifs is 1. The number of amides is 1. The van der Waals surface area contributed by atoms with Crippen LogP contribution >= 0.6 is 22.9 Å². The van der Waals surface area contributed by atoms with E-state index in [2.05, 4.69) is 10.00 Å². The highest BCUT2D eigenvalue weighted by molar-refractivity contribution is 7.22. The van der Waals surface area contributed by atoms with Crippen LogP contribution in [0.5, 0.6) is 0 Å². The number of halogens is 1. The number of hydrogen-bond donors (Lipinski definition) is 0. The van der Waals surface area contributed by atoms with E-state index in [0.29, 0.717) is 22.4 Å². The SMILES string of the molecule is Cc1c(Cl)ccc2sc(N(CCCN(C)C)C(=O)c3ccnn3C)nc12. The van der Waals surface area contributed by atoms with Gasteiger partial charge in [0.1, 0.15) is 5.69 Å². The van der Waals surface area contributed by atoms with Crippen molar-refractivity contribution in [2.75, 3.05) is 32.1 Å². The van der Waals surface area contributed by atoms with Crippen molar-refractivity contribution in [2.45, 2.75) is 13.3 Å². The number of rotatable bonds is 6. The summed E-state index contributed by atoms with van der Waals surface area (Å²) in [4.78, 5) is 21.7. The zero-order chi connectivity index (χ0) is 18.8. The molecule has 0 unspecified atom stereocenters. The van der Waals surface area contributed by atoms with E-state index in [0.717, 1.165) is 28.7 Å². The van der Waals surface area contributed by atoms with Crippen LogP contribution in [0.4, 0.5) is 5.13 Å². The third kappa shape index (κ3) is 3.75. The Bertz CT molecular complexity index is 933. The number of hydrogen-bond acceptors (Lipinski definition) is 5. The van der Waals surface area contributed by atoms with Gasteiger partial charge in [-0.25, -0.2) is 4.98 Å². The van der Waals surface area contributed by atoms with Gasteiger partial charge in [-0.2, -0.15) is 5.10 Å². The smallest absolute Gasteiger partial charge is 0.278 e. The molecule has 1 aromatic carbocycles. The van der Waals surface area contributed by atoms with E-state index in [1.165, 1.54) is 11.3 Å². The Hall–Kier alpha value is -1.96.